The van der Waals surface area contributed by atoms with Gasteiger partial charge in [0.1, 0.15) is 11.5 Å². The highest BCUT2D eigenvalue weighted by Crippen LogP contribution is 2.26. The van der Waals surface area contributed by atoms with Crippen molar-refractivity contribution in [1.82, 2.24) is 0 Å². The Morgan fingerprint density at radius 1 is 1.04 bits per heavy atom. The number of rotatable bonds is 6. The summed E-state index contributed by atoms with van der Waals surface area (Å²) in [4.78, 5) is 12.6. The van der Waals surface area contributed by atoms with Gasteiger partial charge in [0.25, 0.3) is 5.91 Å². The van der Waals surface area contributed by atoms with E-state index < -0.39 is 6.10 Å². The third-order valence-corrected chi connectivity index (χ3v) is 3.89. The van der Waals surface area contributed by atoms with Crippen molar-refractivity contribution >= 4 is 11.6 Å². The summed E-state index contributed by atoms with van der Waals surface area (Å²) in [6.45, 7) is 7.88. The largest absolute Gasteiger partial charge is 0.495 e. The smallest absolute Gasteiger partial charge is 0.265 e. The molecule has 0 unspecified atom stereocenters. The van der Waals surface area contributed by atoms with E-state index in [0.29, 0.717) is 17.9 Å². The first-order valence-corrected chi connectivity index (χ1v) is 8.14. The monoisotopic (exact) mass is 327 g/mol. The summed E-state index contributed by atoms with van der Waals surface area (Å²) in [5.74, 6) is 1.20. The minimum absolute atomic E-state index is 0.178. The lowest BCUT2D eigenvalue weighted by Gasteiger charge is -2.20. The molecule has 0 fully saturated rings. The molecule has 0 aromatic heterocycles. The van der Waals surface area contributed by atoms with E-state index in [9.17, 15) is 4.79 Å². The second-order valence-electron chi connectivity index (χ2n) is 5.98. The Kier molecular flexibility index (Phi) is 5.85. The summed E-state index contributed by atoms with van der Waals surface area (Å²) in [7, 11) is 1.59. The molecule has 0 radical (unpaired) electrons. The Hall–Kier alpha value is -2.49. The molecule has 0 aliphatic carbocycles. The number of carbonyl (C=O) groups excluding carboxylic acids is 1. The molecule has 2 aromatic rings. The number of hydrogen-bond donors (Lipinski definition) is 1. The van der Waals surface area contributed by atoms with Crippen LogP contribution in [0.5, 0.6) is 11.5 Å². The van der Waals surface area contributed by atoms with E-state index in [1.807, 2.05) is 64.1 Å². The molecule has 4 nitrogen and oxygen atoms in total. The molecular weight excluding hydrogens is 302 g/mol. The fourth-order valence-corrected chi connectivity index (χ4v) is 2.44. The van der Waals surface area contributed by atoms with Crippen molar-refractivity contribution in [2.24, 2.45) is 0 Å². The highest BCUT2D eigenvalue weighted by atomic mass is 16.5. The fourth-order valence-electron chi connectivity index (χ4n) is 2.44. The summed E-state index contributed by atoms with van der Waals surface area (Å²) in [6.07, 6.45) is 0.0172. The molecule has 24 heavy (non-hydrogen) atoms. The van der Waals surface area contributed by atoms with Crippen LogP contribution in [0, 0.1) is 20.8 Å². The first-order valence-electron chi connectivity index (χ1n) is 8.14. The summed E-state index contributed by atoms with van der Waals surface area (Å²) < 4.78 is 11.3. The van der Waals surface area contributed by atoms with Crippen LogP contribution < -0.4 is 14.8 Å². The number of ether oxygens (including phenoxy) is 2. The Morgan fingerprint density at radius 2 is 1.71 bits per heavy atom. The number of methoxy groups -OCH3 is 1. The van der Waals surface area contributed by atoms with Gasteiger partial charge in [-0.3, -0.25) is 4.79 Å². The molecule has 1 atom stereocenters. The average Bonchev–Trinajstić information content (AvgIpc) is 2.55. The number of carbonyl (C=O) groups is 1. The van der Waals surface area contributed by atoms with Gasteiger partial charge in [0, 0.05) is 0 Å². The molecule has 0 aliphatic heterocycles. The minimum atomic E-state index is -0.560. The van der Waals surface area contributed by atoms with Crippen LogP contribution in [0.4, 0.5) is 5.69 Å². The van der Waals surface area contributed by atoms with Crippen LogP contribution in [-0.4, -0.2) is 19.1 Å². The van der Waals surface area contributed by atoms with Crippen molar-refractivity contribution in [3.05, 3.63) is 53.1 Å². The van der Waals surface area contributed by atoms with Gasteiger partial charge in [0.05, 0.1) is 12.8 Å². The van der Waals surface area contributed by atoms with Crippen molar-refractivity contribution < 1.29 is 14.3 Å². The van der Waals surface area contributed by atoms with Gasteiger partial charge >= 0.3 is 0 Å². The predicted molar refractivity (Wildman–Crippen MR) is 97.0 cm³/mol. The Bertz CT molecular complexity index is 725. The van der Waals surface area contributed by atoms with Crippen molar-refractivity contribution in [2.45, 2.75) is 40.2 Å². The number of amides is 1. The van der Waals surface area contributed by atoms with Crippen molar-refractivity contribution in [3.63, 3.8) is 0 Å². The normalized spacial score (nSPS) is 11.7. The van der Waals surface area contributed by atoms with E-state index in [1.54, 1.807) is 7.11 Å². The third-order valence-electron chi connectivity index (χ3n) is 3.89. The minimum Gasteiger partial charge on any atom is -0.495 e. The molecule has 1 N–H and O–H groups in total. The van der Waals surface area contributed by atoms with Gasteiger partial charge in [-0.2, -0.15) is 0 Å². The van der Waals surface area contributed by atoms with Crippen molar-refractivity contribution in [3.8, 4) is 11.5 Å². The molecule has 2 aromatic carbocycles. The molecule has 0 bridgehead atoms. The van der Waals surface area contributed by atoms with Gasteiger partial charge in [-0.05, 0) is 62.1 Å². The molecule has 1 amide bonds. The Labute approximate surface area is 143 Å². The average molecular weight is 327 g/mol. The molecule has 128 valence electrons. The Morgan fingerprint density at radius 3 is 2.38 bits per heavy atom. The number of anilines is 1. The van der Waals surface area contributed by atoms with E-state index in [1.165, 1.54) is 0 Å². The van der Waals surface area contributed by atoms with Gasteiger partial charge in [0.2, 0.25) is 0 Å². The van der Waals surface area contributed by atoms with E-state index in [-0.39, 0.29) is 5.91 Å². The fraction of sp³-hybridized carbons (Fsp3) is 0.350. The van der Waals surface area contributed by atoms with Gasteiger partial charge in [-0.15, -0.1) is 0 Å². The van der Waals surface area contributed by atoms with Crippen molar-refractivity contribution in [2.75, 3.05) is 12.4 Å². The van der Waals surface area contributed by atoms with Crippen LogP contribution in [0.2, 0.25) is 0 Å². The first-order chi connectivity index (χ1) is 11.4. The molecule has 0 aliphatic rings. The standard InChI is InChI=1S/C20H25NO3/c1-6-17(24-19-12-14(3)7-9-15(19)4)20(22)21-16-11-13(2)8-10-18(16)23-5/h7-12,17H,6H2,1-5H3,(H,21,22)/t17-/m1/s1. The molecular formula is C20H25NO3. The number of aryl methyl sites for hydroxylation is 3. The number of hydrogen-bond acceptors (Lipinski definition) is 3. The lowest BCUT2D eigenvalue weighted by Crippen LogP contribution is -2.32. The molecule has 0 saturated heterocycles. The summed E-state index contributed by atoms with van der Waals surface area (Å²) >= 11 is 0. The molecule has 0 heterocycles. The molecule has 2 rings (SSSR count). The van der Waals surface area contributed by atoms with Crippen LogP contribution >= 0.6 is 0 Å². The second-order valence-corrected chi connectivity index (χ2v) is 5.98. The lowest BCUT2D eigenvalue weighted by molar-refractivity contribution is -0.122. The maximum absolute atomic E-state index is 12.6. The van der Waals surface area contributed by atoms with Gasteiger partial charge in [0.15, 0.2) is 6.10 Å². The summed E-state index contributed by atoms with van der Waals surface area (Å²) in [6, 6.07) is 11.7. The zero-order chi connectivity index (χ0) is 17.7. The van der Waals surface area contributed by atoms with Crippen LogP contribution in [0.25, 0.3) is 0 Å². The van der Waals surface area contributed by atoms with E-state index >= 15 is 0 Å². The molecule has 0 spiro atoms. The van der Waals surface area contributed by atoms with Crippen LogP contribution in [0.3, 0.4) is 0 Å². The van der Waals surface area contributed by atoms with E-state index in [4.69, 9.17) is 9.47 Å². The zero-order valence-electron chi connectivity index (χ0n) is 15.0. The van der Waals surface area contributed by atoms with Crippen LogP contribution in [-0.2, 0) is 4.79 Å². The first kappa shape index (κ1) is 17.9. The van der Waals surface area contributed by atoms with Gasteiger partial charge in [-0.1, -0.05) is 25.1 Å². The van der Waals surface area contributed by atoms with E-state index in [2.05, 4.69) is 5.32 Å². The quantitative estimate of drug-likeness (QED) is 0.854. The topological polar surface area (TPSA) is 47.6 Å². The highest BCUT2D eigenvalue weighted by Gasteiger charge is 2.20. The summed E-state index contributed by atoms with van der Waals surface area (Å²) in [5, 5.41) is 2.92. The number of nitrogens with one attached hydrogen (secondary N) is 1. The number of benzene rings is 2. The second kappa shape index (κ2) is 7.86. The van der Waals surface area contributed by atoms with Crippen LogP contribution in [0.15, 0.2) is 36.4 Å². The SMILES string of the molecule is CC[C@@H](Oc1cc(C)ccc1C)C(=O)Nc1cc(C)ccc1OC. The predicted octanol–water partition coefficient (Wildman–Crippen LogP) is 4.42. The van der Waals surface area contributed by atoms with Gasteiger partial charge < -0.3 is 14.8 Å². The lowest BCUT2D eigenvalue weighted by atomic mass is 10.1. The van der Waals surface area contributed by atoms with E-state index in [0.717, 1.165) is 22.4 Å². The zero-order valence-corrected chi connectivity index (χ0v) is 15.0. The maximum atomic E-state index is 12.6. The van der Waals surface area contributed by atoms with Gasteiger partial charge in [-0.25, -0.2) is 0 Å². The Balaban J connectivity index is 2.17. The van der Waals surface area contributed by atoms with Crippen molar-refractivity contribution in [1.29, 1.82) is 0 Å². The highest BCUT2D eigenvalue weighted by molar-refractivity contribution is 5.95. The summed E-state index contributed by atoms with van der Waals surface area (Å²) in [5.41, 5.74) is 3.83. The van der Waals surface area contributed by atoms with Crippen LogP contribution in [0.1, 0.15) is 30.0 Å². The molecule has 0 saturated carbocycles. The molecule has 4 heteroatoms. The third kappa shape index (κ3) is 4.28. The maximum Gasteiger partial charge on any atom is 0.265 e.